The summed E-state index contributed by atoms with van der Waals surface area (Å²) >= 11 is 0. The number of carbonyl (C=O) groups excluding carboxylic acids is 1. The molecule has 1 aromatic rings. The highest BCUT2D eigenvalue weighted by molar-refractivity contribution is 5.80. The van der Waals surface area contributed by atoms with Gasteiger partial charge in [0.05, 0.1) is 5.56 Å². The summed E-state index contributed by atoms with van der Waals surface area (Å²) in [5.74, 6) is -0.220. The van der Waals surface area contributed by atoms with Crippen LogP contribution >= 0.6 is 0 Å². The summed E-state index contributed by atoms with van der Waals surface area (Å²) in [6.45, 7) is 9.72. The first kappa shape index (κ1) is 25.9. The van der Waals surface area contributed by atoms with Crippen LogP contribution in [0.2, 0.25) is 0 Å². The molecule has 2 aliphatic rings. The minimum Gasteiger partial charge on any atom is -0.369 e. The lowest BCUT2D eigenvalue weighted by Gasteiger charge is -2.46. The van der Waals surface area contributed by atoms with Crippen LogP contribution in [0.3, 0.4) is 0 Å². The molecule has 1 aliphatic heterocycles. The van der Waals surface area contributed by atoms with Crippen molar-refractivity contribution in [3.05, 3.63) is 82.6 Å². The second-order valence-electron chi connectivity index (χ2n) is 9.95. The van der Waals surface area contributed by atoms with Crippen LogP contribution in [0.5, 0.6) is 0 Å². The van der Waals surface area contributed by atoms with Crippen LogP contribution in [-0.4, -0.2) is 23.9 Å². The third-order valence-electron chi connectivity index (χ3n) is 6.65. The fourth-order valence-electron chi connectivity index (χ4n) is 4.69. The van der Waals surface area contributed by atoms with Crippen LogP contribution in [-0.2, 0) is 16.5 Å². The molecule has 1 heterocycles. The first-order valence-electron chi connectivity index (χ1n) is 11.8. The number of nitrogens with one attached hydrogen (secondary N) is 1. The van der Waals surface area contributed by atoms with Crippen LogP contribution in [0.4, 0.5) is 13.2 Å². The third kappa shape index (κ3) is 5.48. The summed E-state index contributed by atoms with van der Waals surface area (Å²) in [6.07, 6.45) is 7.14. The molecule has 0 fully saturated rings. The highest BCUT2D eigenvalue weighted by Gasteiger charge is 2.43. The Morgan fingerprint density at radius 1 is 1.18 bits per heavy atom. The Morgan fingerprint density at radius 2 is 1.85 bits per heavy atom. The Kier molecular flexibility index (Phi) is 7.49. The van der Waals surface area contributed by atoms with E-state index in [-0.39, 0.29) is 17.9 Å². The maximum atomic E-state index is 13.8. The lowest BCUT2D eigenvalue weighted by molar-refractivity contribution is -0.137. The van der Waals surface area contributed by atoms with Gasteiger partial charge >= 0.3 is 6.18 Å². The van der Waals surface area contributed by atoms with Gasteiger partial charge in [-0.15, -0.1) is 0 Å². The Bertz CT molecular complexity index is 1050. The standard InChI is InChI=1S/C28H35F3N2O/c1-18(2)26(34)32-27(17-22-10-7-9-19(3)14-22,25-15-20(4)13-21(5)33(25)6)23-11-8-12-24(16-23)28(29,30)31/h7-8,10-16,18-19,21H,9,17H2,1-6H3,(H,32,34). The van der Waals surface area contributed by atoms with Crippen molar-refractivity contribution in [2.45, 2.75) is 65.2 Å². The molecular formula is C28H35F3N2O. The summed E-state index contributed by atoms with van der Waals surface area (Å²) in [5, 5.41) is 3.21. The van der Waals surface area contributed by atoms with E-state index in [1.54, 1.807) is 19.9 Å². The molecule has 3 atom stereocenters. The van der Waals surface area contributed by atoms with Crippen molar-refractivity contribution in [1.82, 2.24) is 10.2 Å². The van der Waals surface area contributed by atoms with E-state index in [9.17, 15) is 18.0 Å². The number of benzene rings is 1. The fourth-order valence-corrected chi connectivity index (χ4v) is 4.69. The molecule has 3 nitrogen and oxygen atoms in total. The second kappa shape index (κ2) is 9.85. The van der Waals surface area contributed by atoms with Gasteiger partial charge in [-0.1, -0.05) is 62.8 Å². The molecule has 3 rings (SSSR count). The van der Waals surface area contributed by atoms with Gasteiger partial charge in [-0.2, -0.15) is 13.2 Å². The first-order chi connectivity index (χ1) is 15.8. The zero-order chi connectivity index (χ0) is 25.3. The molecule has 0 radical (unpaired) electrons. The van der Waals surface area contributed by atoms with Gasteiger partial charge in [0.25, 0.3) is 0 Å². The van der Waals surface area contributed by atoms with Crippen LogP contribution in [0.1, 0.15) is 58.6 Å². The molecule has 34 heavy (non-hydrogen) atoms. The number of halogens is 3. The number of likely N-dealkylation sites (N-methyl/N-ethyl adjacent to an activating group) is 1. The predicted octanol–water partition coefficient (Wildman–Crippen LogP) is 6.75. The Labute approximate surface area is 201 Å². The fraction of sp³-hybridized carbons (Fsp3) is 0.464. The normalized spacial score (nSPS) is 22.6. The Balaban J connectivity index is 2.31. The zero-order valence-electron chi connectivity index (χ0n) is 20.8. The zero-order valence-corrected chi connectivity index (χ0v) is 20.8. The SMILES string of the molecule is CC1=CC(C)N(C)C(C(CC2=CC(C)CC=C2)(NC(=O)C(C)C)c2cccc(C(F)(F)F)c2)=C1. The number of hydrogen-bond donors (Lipinski definition) is 1. The van der Waals surface area contributed by atoms with Crippen molar-refractivity contribution >= 4 is 5.91 Å². The highest BCUT2D eigenvalue weighted by Crippen LogP contribution is 2.43. The van der Waals surface area contributed by atoms with E-state index >= 15 is 0 Å². The van der Waals surface area contributed by atoms with Gasteiger partial charge < -0.3 is 10.2 Å². The van der Waals surface area contributed by atoms with Gasteiger partial charge in [-0.3, -0.25) is 4.79 Å². The van der Waals surface area contributed by atoms with E-state index in [0.717, 1.165) is 29.3 Å². The van der Waals surface area contributed by atoms with E-state index < -0.39 is 17.3 Å². The van der Waals surface area contributed by atoms with Gasteiger partial charge in [-0.25, -0.2) is 0 Å². The predicted molar refractivity (Wildman–Crippen MR) is 131 cm³/mol. The monoisotopic (exact) mass is 472 g/mol. The van der Waals surface area contributed by atoms with Crippen molar-refractivity contribution in [3.63, 3.8) is 0 Å². The average molecular weight is 473 g/mol. The van der Waals surface area contributed by atoms with Gasteiger partial charge in [0.15, 0.2) is 0 Å². The summed E-state index contributed by atoms with van der Waals surface area (Å²) < 4.78 is 41.3. The topological polar surface area (TPSA) is 32.3 Å². The Hall–Kier alpha value is -2.76. The number of alkyl halides is 3. The number of hydrogen-bond acceptors (Lipinski definition) is 2. The van der Waals surface area contributed by atoms with Crippen LogP contribution in [0, 0.1) is 11.8 Å². The minimum atomic E-state index is -4.49. The summed E-state index contributed by atoms with van der Waals surface area (Å²) in [6, 6.07) is 5.41. The highest BCUT2D eigenvalue weighted by atomic mass is 19.4. The number of carbonyl (C=O) groups is 1. The molecule has 1 amide bonds. The third-order valence-corrected chi connectivity index (χ3v) is 6.65. The van der Waals surface area contributed by atoms with Gasteiger partial charge in [0.1, 0.15) is 5.54 Å². The number of rotatable bonds is 6. The molecule has 0 bridgehead atoms. The molecular weight excluding hydrogens is 437 g/mol. The molecule has 0 saturated heterocycles. The van der Waals surface area contributed by atoms with E-state index in [2.05, 4.69) is 30.5 Å². The number of allylic oxidation sites excluding steroid dienone is 5. The van der Waals surface area contributed by atoms with Crippen molar-refractivity contribution < 1.29 is 18.0 Å². The van der Waals surface area contributed by atoms with Gasteiger partial charge in [-0.05, 0) is 55.5 Å². The van der Waals surface area contributed by atoms with Crippen molar-refractivity contribution in [3.8, 4) is 0 Å². The molecule has 0 aromatic heterocycles. The van der Waals surface area contributed by atoms with Crippen LogP contribution < -0.4 is 5.32 Å². The summed E-state index contributed by atoms with van der Waals surface area (Å²) in [5.41, 5.74) is 1.31. The summed E-state index contributed by atoms with van der Waals surface area (Å²) in [7, 11) is 1.93. The molecule has 1 aliphatic carbocycles. The number of nitrogens with zero attached hydrogens (tertiary/aromatic N) is 1. The molecule has 1 N–H and O–H groups in total. The van der Waals surface area contributed by atoms with Crippen molar-refractivity contribution in [1.29, 1.82) is 0 Å². The molecule has 0 saturated carbocycles. The minimum absolute atomic E-state index is 0.0240. The van der Waals surface area contributed by atoms with Gasteiger partial charge in [0.2, 0.25) is 5.91 Å². The molecule has 0 spiro atoms. The average Bonchev–Trinajstić information content (AvgIpc) is 2.75. The van der Waals surface area contributed by atoms with Crippen LogP contribution in [0.25, 0.3) is 0 Å². The molecule has 1 aromatic carbocycles. The smallest absolute Gasteiger partial charge is 0.369 e. The maximum absolute atomic E-state index is 13.8. The molecule has 6 heteroatoms. The maximum Gasteiger partial charge on any atom is 0.416 e. The van der Waals surface area contributed by atoms with Gasteiger partial charge in [0, 0.05) is 31.1 Å². The Morgan fingerprint density at radius 3 is 2.47 bits per heavy atom. The second-order valence-corrected chi connectivity index (χ2v) is 9.95. The molecule has 184 valence electrons. The number of amides is 1. The molecule has 3 unspecified atom stereocenters. The largest absolute Gasteiger partial charge is 0.416 e. The van der Waals surface area contributed by atoms with E-state index in [4.69, 9.17) is 0 Å². The summed E-state index contributed by atoms with van der Waals surface area (Å²) in [4.78, 5) is 15.2. The van der Waals surface area contributed by atoms with E-state index in [0.29, 0.717) is 17.9 Å². The lowest BCUT2D eigenvalue weighted by Crippen LogP contribution is -2.54. The van der Waals surface area contributed by atoms with Crippen molar-refractivity contribution in [2.75, 3.05) is 7.05 Å². The lowest BCUT2D eigenvalue weighted by atomic mass is 9.76. The van der Waals surface area contributed by atoms with Crippen LogP contribution in [0.15, 0.2) is 71.5 Å². The quantitative estimate of drug-likeness (QED) is 0.497. The van der Waals surface area contributed by atoms with Crippen molar-refractivity contribution in [2.24, 2.45) is 11.8 Å². The first-order valence-corrected chi connectivity index (χ1v) is 11.8. The van der Waals surface area contributed by atoms with E-state index in [1.165, 1.54) is 12.1 Å². The van der Waals surface area contributed by atoms with E-state index in [1.807, 2.05) is 37.9 Å².